The Bertz CT molecular complexity index is 193. The summed E-state index contributed by atoms with van der Waals surface area (Å²) >= 11 is 0. The van der Waals surface area contributed by atoms with Gasteiger partial charge in [-0.25, -0.2) is 0 Å². The number of rotatable bonds is 2. The lowest BCUT2D eigenvalue weighted by Gasteiger charge is -2.25. The van der Waals surface area contributed by atoms with Crippen LogP contribution in [-0.2, 0) is 14.3 Å². The summed E-state index contributed by atoms with van der Waals surface area (Å²) in [5, 5.41) is 2.88. The maximum Gasteiger partial charge on any atom is 0.255 e. The van der Waals surface area contributed by atoms with Gasteiger partial charge in [0, 0.05) is 20.2 Å². The number of nitrogens with zero attached hydrogens (tertiary/aromatic N) is 1. The molecule has 1 rings (SSSR count). The summed E-state index contributed by atoms with van der Waals surface area (Å²) in [6.07, 6.45) is 0. The monoisotopic (exact) mass is 172 g/mol. The van der Waals surface area contributed by atoms with E-state index in [2.05, 4.69) is 10.1 Å². The highest BCUT2D eigenvalue weighted by atomic mass is 16.5. The molecule has 1 aliphatic rings. The minimum Gasteiger partial charge on any atom is -0.375 e. The fourth-order valence-electron chi connectivity index (χ4n) is 1.07. The number of nitrogens with one attached hydrogen (secondary N) is 1. The molecule has 1 aliphatic heterocycles. The van der Waals surface area contributed by atoms with Gasteiger partial charge in [0.2, 0.25) is 5.91 Å². The Morgan fingerprint density at radius 3 is 3.08 bits per heavy atom. The van der Waals surface area contributed by atoms with Crippen LogP contribution in [0, 0.1) is 0 Å². The third-order valence-electron chi connectivity index (χ3n) is 1.66. The van der Waals surface area contributed by atoms with Crippen molar-refractivity contribution in [3.63, 3.8) is 0 Å². The molecular weight excluding hydrogens is 160 g/mol. The van der Waals surface area contributed by atoms with E-state index < -0.39 is 0 Å². The Morgan fingerprint density at radius 2 is 2.50 bits per heavy atom. The molecule has 1 heterocycles. The molecule has 2 amide bonds. The zero-order chi connectivity index (χ0) is 8.97. The van der Waals surface area contributed by atoms with Crippen LogP contribution >= 0.6 is 0 Å². The molecule has 0 aliphatic carbocycles. The molecule has 0 saturated carbocycles. The lowest BCUT2D eigenvalue weighted by Crippen LogP contribution is -2.51. The summed E-state index contributed by atoms with van der Waals surface area (Å²) in [5.41, 5.74) is 0. The highest BCUT2D eigenvalue weighted by Crippen LogP contribution is 1.95. The van der Waals surface area contributed by atoms with Crippen molar-refractivity contribution >= 4 is 11.8 Å². The standard InChI is InChI=1S/C7H12N2O3/c1-12-5-7(11)9-3-2-8-4-6(9)10/h8H,2-5H2,1H3. The van der Waals surface area contributed by atoms with Gasteiger partial charge in [0.1, 0.15) is 6.61 Å². The summed E-state index contributed by atoms with van der Waals surface area (Å²) < 4.78 is 4.64. The van der Waals surface area contributed by atoms with Crippen molar-refractivity contribution < 1.29 is 14.3 Å². The van der Waals surface area contributed by atoms with Gasteiger partial charge in [-0.1, -0.05) is 0 Å². The number of carbonyl (C=O) groups excluding carboxylic acids is 2. The second-order valence-electron chi connectivity index (χ2n) is 2.55. The van der Waals surface area contributed by atoms with E-state index in [1.54, 1.807) is 0 Å². The lowest BCUT2D eigenvalue weighted by molar-refractivity contribution is -0.148. The molecule has 1 fully saturated rings. The average molecular weight is 172 g/mol. The van der Waals surface area contributed by atoms with Crippen LogP contribution in [0.1, 0.15) is 0 Å². The predicted molar refractivity (Wildman–Crippen MR) is 41.5 cm³/mol. The molecule has 1 saturated heterocycles. The van der Waals surface area contributed by atoms with Crippen molar-refractivity contribution in [2.45, 2.75) is 0 Å². The van der Waals surface area contributed by atoms with Crippen molar-refractivity contribution in [2.24, 2.45) is 0 Å². The Kier molecular flexibility index (Phi) is 3.19. The fourth-order valence-corrected chi connectivity index (χ4v) is 1.07. The van der Waals surface area contributed by atoms with Gasteiger partial charge >= 0.3 is 0 Å². The van der Waals surface area contributed by atoms with Crippen LogP contribution < -0.4 is 5.32 Å². The summed E-state index contributed by atoms with van der Waals surface area (Å²) in [4.78, 5) is 23.5. The van der Waals surface area contributed by atoms with Crippen LogP contribution in [0.5, 0.6) is 0 Å². The molecule has 0 spiro atoms. The van der Waals surface area contributed by atoms with E-state index in [1.807, 2.05) is 0 Å². The number of imide groups is 1. The topological polar surface area (TPSA) is 58.6 Å². The molecule has 0 radical (unpaired) electrons. The van der Waals surface area contributed by atoms with Gasteiger partial charge in [0.05, 0.1) is 6.54 Å². The lowest BCUT2D eigenvalue weighted by atomic mass is 10.3. The van der Waals surface area contributed by atoms with E-state index in [-0.39, 0.29) is 25.0 Å². The van der Waals surface area contributed by atoms with Gasteiger partial charge in [-0.15, -0.1) is 0 Å². The zero-order valence-corrected chi connectivity index (χ0v) is 7.00. The summed E-state index contributed by atoms with van der Waals surface area (Å²) in [6, 6.07) is 0. The fraction of sp³-hybridized carbons (Fsp3) is 0.714. The van der Waals surface area contributed by atoms with Crippen LogP contribution in [0.2, 0.25) is 0 Å². The number of methoxy groups -OCH3 is 1. The molecule has 1 N–H and O–H groups in total. The van der Waals surface area contributed by atoms with Crippen LogP contribution in [-0.4, -0.2) is 50.1 Å². The van der Waals surface area contributed by atoms with Crippen LogP contribution in [0.15, 0.2) is 0 Å². The molecule has 12 heavy (non-hydrogen) atoms. The number of hydrogen-bond acceptors (Lipinski definition) is 4. The second-order valence-corrected chi connectivity index (χ2v) is 2.55. The molecule has 0 unspecified atom stereocenters. The van der Waals surface area contributed by atoms with Crippen molar-refractivity contribution in [3.05, 3.63) is 0 Å². The summed E-state index contributed by atoms with van der Waals surface area (Å²) in [7, 11) is 1.44. The van der Waals surface area contributed by atoms with Crippen molar-refractivity contribution in [1.29, 1.82) is 0 Å². The first-order chi connectivity index (χ1) is 5.75. The first-order valence-electron chi connectivity index (χ1n) is 3.78. The van der Waals surface area contributed by atoms with E-state index in [0.29, 0.717) is 13.1 Å². The SMILES string of the molecule is COCC(=O)N1CCNCC1=O. The summed E-state index contributed by atoms with van der Waals surface area (Å²) in [6.45, 7) is 1.34. The van der Waals surface area contributed by atoms with Gasteiger partial charge in [-0.2, -0.15) is 0 Å². The molecule has 0 aromatic carbocycles. The third kappa shape index (κ3) is 2.02. The zero-order valence-electron chi connectivity index (χ0n) is 7.00. The van der Waals surface area contributed by atoms with Gasteiger partial charge in [-0.05, 0) is 0 Å². The molecule has 5 heteroatoms. The Balaban J connectivity index is 2.48. The second kappa shape index (κ2) is 4.18. The number of hydrogen-bond donors (Lipinski definition) is 1. The van der Waals surface area contributed by atoms with Gasteiger partial charge < -0.3 is 10.1 Å². The van der Waals surface area contributed by atoms with Crippen molar-refractivity contribution in [1.82, 2.24) is 10.2 Å². The molecule has 0 atom stereocenters. The quantitative estimate of drug-likeness (QED) is 0.556. The van der Waals surface area contributed by atoms with Gasteiger partial charge in [0.25, 0.3) is 5.91 Å². The van der Waals surface area contributed by atoms with E-state index in [4.69, 9.17) is 0 Å². The number of carbonyl (C=O) groups is 2. The highest BCUT2D eigenvalue weighted by Gasteiger charge is 2.23. The largest absolute Gasteiger partial charge is 0.375 e. The predicted octanol–water partition coefficient (Wildman–Crippen LogP) is -1.41. The molecular formula is C7H12N2O3. The Hall–Kier alpha value is -0.940. The van der Waals surface area contributed by atoms with Crippen molar-refractivity contribution in [3.8, 4) is 0 Å². The number of piperazine rings is 1. The van der Waals surface area contributed by atoms with E-state index in [9.17, 15) is 9.59 Å². The maximum atomic E-state index is 11.2. The van der Waals surface area contributed by atoms with Crippen LogP contribution in [0.3, 0.4) is 0 Å². The molecule has 0 aromatic heterocycles. The smallest absolute Gasteiger partial charge is 0.255 e. The minimum atomic E-state index is -0.260. The molecule has 0 bridgehead atoms. The first kappa shape index (κ1) is 9.15. The van der Waals surface area contributed by atoms with E-state index >= 15 is 0 Å². The minimum absolute atomic E-state index is 0.0221. The average Bonchev–Trinajstić information content (AvgIpc) is 2.05. The van der Waals surface area contributed by atoms with Crippen molar-refractivity contribution in [2.75, 3.05) is 33.4 Å². The summed E-state index contributed by atoms with van der Waals surface area (Å²) in [5.74, 6) is -0.438. The third-order valence-corrected chi connectivity index (χ3v) is 1.66. The maximum absolute atomic E-state index is 11.2. The highest BCUT2D eigenvalue weighted by molar-refractivity contribution is 5.97. The first-order valence-corrected chi connectivity index (χ1v) is 3.78. The number of ether oxygens (including phenoxy) is 1. The van der Waals surface area contributed by atoms with Crippen LogP contribution in [0.4, 0.5) is 0 Å². The van der Waals surface area contributed by atoms with E-state index in [0.717, 1.165) is 0 Å². The van der Waals surface area contributed by atoms with Crippen LogP contribution in [0.25, 0.3) is 0 Å². The normalized spacial score (nSPS) is 18.1. The molecule has 0 aromatic rings. The van der Waals surface area contributed by atoms with Gasteiger partial charge in [-0.3, -0.25) is 14.5 Å². The van der Waals surface area contributed by atoms with Gasteiger partial charge in [0.15, 0.2) is 0 Å². The number of amides is 2. The van der Waals surface area contributed by atoms with E-state index in [1.165, 1.54) is 12.0 Å². The Morgan fingerprint density at radius 1 is 1.75 bits per heavy atom. The molecule has 5 nitrogen and oxygen atoms in total. The molecule has 68 valence electrons. The Labute approximate surface area is 70.7 Å².